The molecule has 0 saturated heterocycles. The number of aliphatic hydroxyl groups is 1. The Morgan fingerprint density at radius 3 is 2.91 bits per heavy atom. The molecular formula is C6H10ClN3O. The summed E-state index contributed by atoms with van der Waals surface area (Å²) in [6.45, 7) is -0.148. The Kier molecular flexibility index (Phi) is 2.60. The Bertz CT molecular complexity index is 192. The van der Waals surface area contributed by atoms with Crippen LogP contribution in [0.2, 0.25) is 0 Å². The fourth-order valence-electron chi connectivity index (χ4n) is 1.42. The van der Waals surface area contributed by atoms with Gasteiger partial charge in [0.2, 0.25) is 0 Å². The van der Waals surface area contributed by atoms with Crippen molar-refractivity contribution < 1.29 is 5.11 Å². The molecule has 0 aromatic rings. The van der Waals surface area contributed by atoms with Gasteiger partial charge in [-0.3, -0.25) is 0 Å². The molecule has 0 amide bonds. The lowest BCUT2D eigenvalue weighted by Crippen LogP contribution is -2.35. The lowest BCUT2D eigenvalue weighted by atomic mass is 10.0. The number of azide groups is 1. The number of halogens is 1. The van der Waals surface area contributed by atoms with Crippen molar-refractivity contribution in [2.75, 3.05) is 6.61 Å². The van der Waals surface area contributed by atoms with Crippen LogP contribution in [0.5, 0.6) is 0 Å². The maximum absolute atomic E-state index is 8.97. The average Bonchev–Trinajstić information content (AvgIpc) is 2.35. The first-order valence-electron chi connectivity index (χ1n) is 3.56. The molecule has 1 aliphatic rings. The van der Waals surface area contributed by atoms with Gasteiger partial charge in [0.05, 0.1) is 12.1 Å². The molecule has 5 heteroatoms. The summed E-state index contributed by atoms with van der Waals surface area (Å²) in [5, 5.41) is 12.3. The Morgan fingerprint density at radius 1 is 1.82 bits per heavy atom. The molecule has 62 valence electrons. The van der Waals surface area contributed by atoms with Crippen LogP contribution < -0.4 is 0 Å². The first-order valence-corrected chi connectivity index (χ1v) is 4.00. The number of hydrogen-bond acceptors (Lipinski definition) is 2. The maximum atomic E-state index is 8.97. The molecule has 0 unspecified atom stereocenters. The minimum Gasteiger partial charge on any atom is -0.396 e. The quantitative estimate of drug-likeness (QED) is 0.296. The van der Waals surface area contributed by atoms with Crippen molar-refractivity contribution in [2.24, 2.45) is 5.11 Å². The third-order valence-corrected chi connectivity index (χ3v) is 2.79. The molecule has 0 aliphatic heterocycles. The van der Waals surface area contributed by atoms with Crippen molar-refractivity contribution in [3.8, 4) is 0 Å². The standard InChI is InChI=1S/C6H10ClN3O/c7-5-2-1-3-6(5,4-11)9-10-8/h5,11H,1-4H2/t5-,6+/m1/s1. The lowest BCUT2D eigenvalue weighted by Gasteiger charge is -2.23. The molecule has 1 rings (SSSR count). The summed E-state index contributed by atoms with van der Waals surface area (Å²) in [5.41, 5.74) is 7.50. The number of nitrogens with zero attached hydrogens (tertiary/aromatic N) is 3. The monoisotopic (exact) mass is 175 g/mol. The van der Waals surface area contributed by atoms with Gasteiger partial charge in [0.15, 0.2) is 0 Å². The second-order valence-electron chi connectivity index (χ2n) is 2.81. The van der Waals surface area contributed by atoms with Crippen molar-refractivity contribution in [3.05, 3.63) is 10.4 Å². The first-order chi connectivity index (χ1) is 5.25. The predicted octanol–water partition coefficient (Wildman–Crippen LogP) is 1.82. The van der Waals surface area contributed by atoms with Crippen molar-refractivity contribution >= 4 is 11.6 Å². The molecule has 1 aliphatic carbocycles. The van der Waals surface area contributed by atoms with E-state index in [1.54, 1.807) is 0 Å². The average molecular weight is 176 g/mol. The van der Waals surface area contributed by atoms with Gasteiger partial charge in [-0.05, 0) is 18.4 Å². The van der Waals surface area contributed by atoms with Crippen LogP contribution in [0.25, 0.3) is 10.4 Å². The molecule has 1 fully saturated rings. The summed E-state index contributed by atoms with van der Waals surface area (Å²) in [5.74, 6) is 0. The molecule has 0 aromatic heterocycles. The molecule has 1 saturated carbocycles. The van der Waals surface area contributed by atoms with Crippen LogP contribution in [0.4, 0.5) is 0 Å². The predicted molar refractivity (Wildman–Crippen MR) is 42.5 cm³/mol. The molecule has 0 spiro atoms. The topological polar surface area (TPSA) is 69.0 Å². The number of rotatable bonds is 2. The fraction of sp³-hybridized carbons (Fsp3) is 1.00. The number of alkyl halides is 1. The highest BCUT2D eigenvalue weighted by Crippen LogP contribution is 2.37. The van der Waals surface area contributed by atoms with Gasteiger partial charge in [0.1, 0.15) is 0 Å². The Labute approximate surface area is 69.8 Å². The molecule has 0 radical (unpaired) electrons. The van der Waals surface area contributed by atoms with E-state index in [-0.39, 0.29) is 12.0 Å². The van der Waals surface area contributed by atoms with Gasteiger partial charge < -0.3 is 5.11 Å². The SMILES string of the molecule is [N-]=[N+]=N[C@]1(CO)CCC[C@H]1Cl. The zero-order valence-corrected chi connectivity index (χ0v) is 6.83. The van der Waals surface area contributed by atoms with Crippen LogP contribution >= 0.6 is 11.6 Å². The van der Waals surface area contributed by atoms with E-state index < -0.39 is 5.54 Å². The summed E-state index contributed by atoms with van der Waals surface area (Å²) < 4.78 is 0. The van der Waals surface area contributed by atoms with Crippen LogP contribution in [-0.4, -0.2) is 22.6 Å². The molecule has 4 nitrogen and oxygen atoms in total. The zero-order chi connectivity index (χ0) is 8.32. The van der Waals surface area contributed by atoms with Crippen LogP contribution in [0, 0.1) is 0 Å². The van der Waals surface area contributed by atoms with Crippen molar-refractivity contribution in [2.45, 2.75) is 30.2 Å². The van der Waals surface area contributed by atoms with Gasteiger partial charge in [-0.1, -0.05) is 11.5 Å². The summed E-state index contributed by atoms with van der Waals surface area (Å²) in [4.78, 5) is 2.69. The highest BCUT2D eigenvalue weighted by atomic mass is 35.5. The summed E-state index contributed by atoms with van der Waals surface area (Å²) in [7, 11) is 0. The number of aliphatic hydroxyl groups excluding tert-OH is 1. The Hall–Kier alpha value is -0.440. The largest absolute Gasteiger partial charge is 0.396 e. The molecule has 0 bridgehead atoms. The van der Waals surface area contributed by atoms with Crippen LogP contribution in [0.1, 0.15) is 19.3 Å². The van der Waals surface area contributed by atoms with Crippen LogP contribution in [-0.2, 0) is 0 Å². The maximum Gasteiger partial charge on any atom is 0.0881 e. The van der Waals surface area contributed by atoms with E-state index in [0.717, 1.165) is 12.8 Å². The second kappa shape index (κ2) is 3.30. The summed E-state index contributed by atoms with van der Waals surface area (Å²) >= 11 is 5.89. The lowest BCUT2D eigenvalue weighted by molar-refractivity contribution is 0.202. The number of hydrogen-bond donors (Lipinski definition) is 1. The molecule has 2 atom stereocenters. The molecule has 11 heavy (non-hydrogen) atoms. The van der Waals surface area contributed by atoms with Gasteiger partial charge >= 0.3 is 0 Å². The molecule has 0 heterocycles. The fourth-order valence-corrected chi connectivity index (χ4v) is 1.80. The molecule has 0 aromatic carbocycles. The highest BCUT2D eigenvalue weighted by molar-refractivity contribution is 6.21. The van der Waals surface area contributed by atoms with Gasteiger partial charge in [-0.2, -0.15) is 0 Å². The van der Waals surface area contributed by atoms with Crippen LogP contribution in [0.15, 0.2) is 5.11 Å². The van der Waals surface area contributed by atoms with E-state index >= 15 is 0 Å². The van der Waals surface area contributed by atoms with E-state index in [1.807, 2.05) is 0 Å². The van der Waals surface area contributed by atoms with E-state index in [1.165, 1.54) is 0 Å². The molecular weight excluding hydrogens is 166 g/mol. The van der Waals surface area contributed by atoms with Gasteiger partial charge in [0.25, 0.3) is 0 Å². The van der Waals surface area contributed by atoms with Crippen molar-refractivity contribution in [3.63, 3.8) is 0 Å². The normalized spacial score (nSPS) is 36.7. The third kappa shape index (κ3) is 1.43. The van der Waals surface area contributed by atoms with Crippen molar-refractivity contribution in [1.29, 1.82) is 0 Å². The van der Waals surface area contributed by atoms with Crippen molar-refractivity contribution in [1.82, 2.24) is 0 Å². The highest BCUT2D eigenvalue weighted by Gasteiger charge is 2.40. The smallest absolute Gasteiger partial charge is 0.0881 e. The minimum atomic E-state index is -0.726. The third-order valence-electron chi connectivity index (χ3n) is 2.17. The summed E-state index contributed by atoms with van der Waals surface area (Å²) in [6.07, 6.45) is 2.44. The van der Waals surface area contributed by atoms with E-state index in [9.17, 15) is 0 Å². The van der Waals surface area contributed by atoms with Gasteiger partial charge in [0, 0.05) is 10.3 Å². The van der Waals surface area contributed by atoms with Crippen LogP contribution in [0.3, 0.4) is 0 Å². The summed E-state index contributed by atoms with van der Waals surface area (Å²) in [6, 6.07) is 0. The van der Waals surface area contributed by atoms with E-state index in [2.05, 4.69) is 10.0 Å². The molecule has 1 N–H and O–H groups in total. The van der Waals surface area contributed by atoms with E-state index in [4.69, 9.17) is 22.2 Å². The van der Waals surface area contributed by atoms with Gasteiger partial charge in [-0.15, -0.1) is 11.6 Å². The zero-order valence-electron chi connectivity index (χ0n) is 6.07. The first kappa shape index (κ1) is 8.65. The Morgan fingerprint density at radius 2 is 2.55 bits per heavy atom. The Balaban J connectivity index is 2.81. The minimum absolute atomic E-state index is 0.148. The van der Waals surface area contributed by atoms with E-state index in [0.29, 0.717) is 6.42 Å². The second-order valence-corrected chi connectivity index (χ2v) is 3.34. The van der Waals surface area contributed by atoms with Gasteiger partial charge in [-0.25, -0.2) is 0 Å².